The molecule has 0 spiro atoms. The number of hydrogen-bond acceptors (Lipinski definition) is 4. The van der Waals surface area contributed by atoms with Crippen molar-refractivity contribution in [3.8, 4) is 0 Å². The number of carboxylic acids is 1. The van der Waals surface area contributed by atoms with E-state index in [1.54, 1.807) is 0 Å². The molecule has 0 fully saturated rings. The predicted molar refractivity (Wildman–Crippen MR) is 65.0 cm³/mol. The Kier molecular flexibility index (Phi) is 5.02. The summed E-state index contributed by atoms with van der Waals surface area (Å²) in [4.78, 5) is 10.9. The molecule has 0 radical (unpaired) electrons. The number of benzene rings is 1. The lowest BCUT2D eigenvalue weighted by atomic mass is 10.2. The van der Waals surface area contributed by atoms with E-state index in [9.17, 15) is 4.79 Å². The molecule has 0 aliphatic carbocycles. The third-order valence-electron chi connectivity index (χ3n) is 2.04. The molecule has 7 heteroatoms. The molecule has 1 aromatic rings. The second-order valence-corrected chi connectivity index (χ2v) is 4.09. The van der Waals surface area contributed by atoms with E-state index in [1.807, 2.05) is 0 Å². The number of halogens is 2. The molecule has 0 saturated carbocycles. The van der Waals surface area contributed by atoms with Crippen molar-refractivity contribution in [2.75, 3.05) is 18.5 Å². The van der Waals surface area contributed by atoms with Crippen LogP contribution in [-0.2, 0) is 0 Å². The first-order valence-corrected chi connectivity index (χ1v) is 5.47. The summed E-state index contributed by atoms with van der Waals surface area (Å²) >= 11 is 11.6. The summed E-state index contributed by atoms with van der Waals surface area (Å²) in [6.45, 7) is -0.346. The van der Waals surface area contributed by atoms with Gasteiger partial charge in [-0.2, -0.15) is 0 Å². The zero-order valence-electron chi connectivity index (χ0n) is 8.65. The van der Waals surface area contributed by atoms with Crippen LogP contribution in [-0.4, -0.2) is 40.5 Å². The van der Waals surface area contributed by atoms with Crippen LogP contribution in [0.3, 0.4) is 0 Å². The first-order valence-electron chi connectivity index (χ1n) is 4.71. The Labute approximate surface area is 108 Å². The maximum Gasteiger partial charge on any atom is 0.338 e. The molecule has 1 unspecified atom stereocenters. The Morgan fingerprint density at radius 3 is 2.59 bits per heavy atom. The molecule has 1 atom stereocenters. The van der Waals surface area contributed by atoms with Gasteiger partial charge in [-0.05, 0) is 12.1 Å². The van der Waals surface area contributed by atoms with E-state index in [1.165, 1.54) is 12.1 Å². The SMILES string of the molecule is O=C(O)c1c(Cl)ccc(NCC(O)CO)c1Cl. The third-order valence-corrected chi connectivity index (χ3v) is 2.75. The highest BCUT2D eigenvalue weighted by atomic mass is 35.5. The van der Waals surface area contributed by atoms with Gasteiger partial charge in [-0.15, -0.1) is 0 Å². The highest BCUT2D eigenvalue weighted by Gasteiger charge is 2.17. The smallest absolute Gasteiger partial charge is 0.338 e. The van der Waals surface area contributed by atoms with Crippen molar-refractivity contribution >= 4 is 34.9 Å². The number of hydrogen-bond donors (Lipinski definition) is 4. The van der Waals surface area contributed by atoms with Crippen molar-refractivity contribution in [3.63, 3.8) is 0 Å². The summed E-state index contributed by atoms with van der Waals surface area (Å²) in [6, 6.07) is 2.89. The molecule has 0 aliphatic rings. The lowest BCUT2D eigenvalue weighted by molar-refractivity contribution is 0.0697. The van der Waals surface area contributed by atoms with Crippen molar-refractivity contribution < 1.29 is 20.1 Å². The first-order chi connectivity index (χ1) is 7.97. The maximum absolute atomic E-state index is 10.9. The summed E-state index contributed by atoms with van der Waals surface area (Å²) in [5, 5.41) is 29.4. The minimum absolute atomic E-state index is 0.0323. The van der Waals surface area contributed by atoms with Gasteiger partial charge < -0.3 is 20.6 Å². The standard InChI is InChI=1S/C10H11Cl2NO4/c11-6-1-2-7(13-3-5(15)4-14)9(12)8(6)10(16)17/h1-2,5,13-15H,3-4H2,(H,16,17). The third kappa shape index (κ3) is 3.47. The fraction of sp³-hybridized carbons (Fsp3) is 0.300. The molecule has 17 heavy (non-hydrogen) atoms. The Morgan fingerprint density at radius 2 is 2.06 bits per heavy atom. The van der Waals surface area contributed by atoms with Gasteiger partial charge in [-0.3, -0.25) is 0 Å². The van der Waals surface area contributed by atoms with E-state index in [-0.39, 0.29) is 22.2 Å². The molecule has 0 heterocycles. The van der Waals surface area contributed by atoms with Crippen LogP contribution in [0.25, 0.3) is 0 Å². The molecule has 0 saturated heterocycles. The molecule has 0 aromatic heterocycles. The van der Waals surface area contributed by atoms with Gasteiger partial charge in [0.15, 0.2) is 0 Å². The molecule has 1 aromatic carbocycles. The number of carbonyl (C=O) groups is 1. The summed E-state index contributed by atoms with van der Waals surface area (Å²) in [5.74, 6) is -1.23. The Hall–Kier alpha value is -1.01. The number of nitrogens with one attached hydrogen (secondary N) is 1. The summed E-state index contributed by atoms with van der Waals surface area (Å²) in [5.41, 5.74) is 0.137. The van der Waals surface area contributed by atoms with Crippen LogP contribution in [0.1, 0.15) is 10.4 Å². The zero-order chi connectivity index (χ0) is 13.0. The van der Waals surface area contributed by atoms with Gasteiger partial charge >= 0.3 is 5.97 Å². The lowest BCUT2D eigenvalue weighted by Gasteiger charge is -2.13. The average Bonchev–Trinajstić information content (AvgIpc) is 2.27. The minimum Gasteiger partial charge on any atom is -0.478 e. The van der Waals surface area contributed by atoms with Crippen LogP contribution in [0.2, 0.25) is 10.0 Å². The van der Waals surface area contributed by atoms with Crippen molar-refractivity contribution in [1.29, 1.82) is 0 Å². The normalized spacial score (nSPS) is 12.2. The molecule has 5 nitrogen and oxygen atoms in total. The number of rotatable bonds is 5. The van der Waals surface area contributed by atoms with E-state index >= 15 is 0 Å². The maximum atomic E-state index is 10.9. The monoisotopic (exact) mass is 279 g/mol. The van der Waals surface area contributed by atoms with Gasteiger partial charge in [0, 0.05) is 6.54 Å². The van der Waals surface area contributed by atoms with Crippen LogP contribution in [0.5, 0.6) is 0 Å². The molecule has 1 rings (SSSR count). The first kappa shape index (κ1) is 14.1. The van der Waals surface area contributed by atoms with Gasteiger partial charge in [0.25, 0.3) is 0 Å². The largest absolute Gasteiger partial charge is 0.478 e. The Morgan fingerprint density at radius 1 is 1.41 bits per heavy atom. The number of carboxylic acid groups (broad SMARTS) is 1. The van der Waals surface area contributed by atoms with E-state index in [2.05, 4.69) is 5.32 Å². The van der Waals surface area contributed by atoms with Crippen molar-refractivity contribution in [1.82, 2.24) is 0 Å². The van der Waals surface area contributed by atoms with Gasteiger partial charge in [-0.25, -0.2) is 4.79 Å². The molecular formula is C10H11Cl2NO4. The van der Waals surface area contributed by atoms with E-state index in [0.717, 1.165) is 0 Å². The van der Waals surface area contributed by atoms with Crippen molar-refractivity contribution in [2.45, 2.75) is 6.10 Å². The van der Waals surface area contributed by atoms with Gasteiger partial charge in [-0.1, -0.05) is 23.2 Å². The van der Waals surface area contributed by atoms with E-state index in [0.29, 0.717) is 5.69 Å². The van der Waals surface area contributed by atoms with Crippen LogP contribution in [0, 0.1) is 0 Å². The predicted octanol–water partition coefficient (Wildman–Crippen LogP) is 1.46. The summed E-state index contributed by atoms with van der Waals surface area (Å²) < 4.78 is 0. The lowest BCUT2D eigenvalue weighted by Crippen LogP contribution is -2.23. The van der Waals surface area contributed by atoms with Crippen LogP contribution >= 0.6 is 23.2 Å². The average molecular weight is 280 g/mol. The molecular weight excluding hydrogens is 269 g/mol. The van der Waals surface area contributed by atoms with E-state index < -0.39 is 18.7 Å². The minimum atomic E-state index is -1.23. The Bertz CT molecular complexity index is 425. The van der Waals surface area contributed by atoms with Crippen LogP contribution in [0.15, 0.2) is 12.1 Å². The van der Waals surface area contributed by atoms with Crippen molar-refractivity contribution in [2.24, 2.45) is 0 Å². The number of anilines is 1. The van der Waals surface area contributed by atoms with Gasteiger partial charge in [0.1, 0.15) is 0 Å². The fourth-order valence-corrected chi connectivity index (χ4v) is 1.78. The fourth-order valence-electron chi connectivity index (χ4n) is 1.18. The summed E-state index contributed by atoms with van der Waals surface area (Å²) in [6.07, 6.45) is -0.949. The highest BCUT2D eigenvalue weighted by molar-refractivity contribution is 6.40. The topological polar surface area (TPSA) is 89.8 Å². The zero-order valence-corrected chi connectivity index (χ0v) is 10.2. The van der Waals surface area contributed by atoms with Crippen molar-refractivity contribution in [3.05, 3.63) is 27.7 Å². The quantitative estimate of drug-likeness (QED) is 0.655. The number of aromatic carboxylic acids is 1. The van der Waals surface area contributed by atoms with Gasteiger partial charge in [0.2, 0.25) is 0 Å². The van der Waals surface area contributed by atoms with Crippen LogP contribution in [0.4, 0.5) is 5.69 Å². The number of aliphatic hydroxyl groups excluding tert-OH is 2. The molecule has 0 amide bonds. The molecule has 94 valence electrons. The van der Waals surface area contributed by atoms with Gasteiger partial charge in [0.05, 0.1) is 34.0 Å². The summed E-state index contributed by atoms with van der Waals surface area (Å²) in [7, 11) is 0. The van der Waals surface area contributed by atoms with E-state index in [4.69, 9.17) is 38.5 Å². The molecule has 0 bridgehead atoms. The Balaban J connectivity index is 2.95. The molecule has 0 aliphatic heterocycles. The molecule has 4 N–H and O–H groups in total. The second-order valence-electron chi connectivity index (χ2n) is 3.31. The highest BCUT2D eigenvalue weighted by Crippen LogP contribution is 2.31. The number of aliphatic hydroxyl groups is 2. The second kappa shape index (κ2) is 6.07. The van der Waals surface area contributed by atoms with Crippen LogP contribution < -0.4 is 5.32 Å².